The number of carbonyl (C=O) groups excluding carboxylic acids is 2. The second-order valence-electron chi connectivity index (χ2n) is 6.55. The van der Waals surface area contributed by atoms with E-state index in [0.29, 0.717) is 43.7 Å². The SMILES string of the molecule is Cc1ccc2c(c1)OC1(CCN(C(=O)N(C)C)CC1)CC2=O. The number of amides is 2. The summed E-state index contributed by atoms with van der Waals surface area (Å²) >= 11 is 0. The molecule has 0 N–H and O–H groups in total. The maximum absolute atomic E-state index is 12.4. The van der Waals surface area contributed by atoms with Crippen LogP contribution in [-0.2, 0) is 0 Å². The number of nitrogens with zero attached hydrogens (tertiary/aromatic N) is 2. The Kier molecular flexibility index (Phi) is 3.59. The van der Waals surface area contributed by atoms with E-state index in [2.05, 4.69) is 0 Å². The molecule has 1 saturated heterocycles. The molecule has 3 rings (SSSR count). The third kappa shape index (κ3) is 2.56. The fraction of sp³-hybridized carbons (Fsp3) is 0.529. The average Bonchev–Trinajstić information content (AvgIpc) is 2.46. The summed E-state index contributed by atoms with van der Waals surface area (Å²) in [4.78, 5) is 27.9. The standard InChI is InChI=1S/C17H22N2O3/c1-12-4-5-13-14(20)11-17(22-15(13)10-12)6-8-19(9-7-17)16(21)18(2)3/h4-5,10H,6-9,11H2,1-3H3. The topological polar surface area (TPSA) is 49.9 Å². The van der Waals surface area contributed by atoms with Crippen LogP contribution in [0.1, 0.15) is 35.2 Å². The zero-order valence-electron chi connectivity index (χ0n) is 13.4. The number of aryl methyl sites for hydroxylation is 1. The van der Waals surface area contributed by atoms with Crippen molar-refractivity contribution >= 4 is 11.8 Å². The smallest absolute Gasteiger partial charge is 0.319 e. The van der Waals surface area contributed by atoms with E-state index in [1.54, 1.807) is 19.0 Å². The number of ketones is 1. The van der Waals surface area contributed by atoms with E-state index in [1.165, 1.54) is 0 Å². The Bertz CT molecular complexity index is 616. The van der Waals surface area contributed by atoms with Crippen LogP contribution in [0.4, 0.5) is 4.79 Å². The van der Waals surface area contributed by atoms with Crippen molar-refractivity contribution in [3.05, 3.63) is 29.3 Å². The minimum atomic E-state index is -0.443. The molecular weight excluding hydrogens is 280 g/mol. The molecule has 0 unspecified atom stereocenters. The Morgan fingerprint density at radius 1 is 1.27 bits per heavy atom. The number of hydrogen-bond acceptors (Lipinski definition) is 3. The monoisotopic (exact) mass is 302 g/mol. The molecule has 1 fully saturated rings. The second-order valence-corrected chi connectivity index (χ2v) is 6.55. The molecule has 0 saturated carbocycles. The minimum absolute atomic E-state index is 0.0215. The summed E-state index contributed by atoms with van der Waals surface area (Å²) in [6.45, 7) is 3.25. The Labute approximate surface area is 130 Å². The molecule has 0 atom stereocenters. The van der Waals surface area contributed by atoms with Gasteiger partial charge in [-0.25, -0.2) is 4.79 Å². The molecule has 1 aromatic carbocycles. The van der Waals surface area contributed by atoms with E-state index in [0.717, 1.165) is 5.56 Å². The van der Waals surface area contributed by atoms with Crippen molar-refractivity contribution < 1.29 is 14.3 Å². The van der Waals surface area contributed by atoms with Gasteiger partial charge in [-0.15, -0.1) is 0 Å². The highest BCUT2D eigenvalue weighted by Crippen LogP contribution is 2.39. The molecule has 118 valence electrons. The second kappa shape index (κ2) is 5.30. The molecule has 0 aliphatic carbocycles. The molecule has 22 heavy (non-hydrogen) atoms. The van der Waals surface area contributed by atoms with Crippen LogP contribution in [-0.4, -0.2) is 54.4 Å². The van der Waals surface area contributed by atoms with Crippen molar-refractivity contribution in [3.63, 3.8) is 0 Å². The van der Waals surface area contributed by atoms with Gasteiger partial charge in [-0.2, -0.15) is 0 Å². The van der Waals surface area contributed by atoms with E-state index in [4.69, 9.17) is 4.74 Å². The van der Waals surface area contributed by atoms with Crippen LogP contribution in [0.2, 0.25) is 0 Å². The van der Waals surface area contributed by atoms with Crippen molar-refractivity contribution in [1.29, 1.82) is 0 Å². The molecule has 2 amide bonds. The number of rotatable bonds is 0. The zero-order valence-corrected chi connectivity index (χ0v) is 13.4. The summed E-state index contributed by atoms with van der Waals surface area (Å²) < 4.78 is 6.23. The van der Waals surface area contributed by atoms with E-state index in [-0.39, 0.29) is 11.8 Å². The van der Waals surface area contributed by atoms with E-state index in [1.807, 2.05) is 30.0 Å². The highest BCUT2D eigenvalue weighted by atomic mass is 16.5. The van der Waals surface area contributed by atoms with Crippen LogP contribution < -0.4 is 4.74 Å². The Morgan fingerprint density at radius 3 is 2.59 bits per heavy atom. The molecule has 5 nitrogen and oxygen atoms in total. The number of piperidine rings is 1. The lowest BCUT2D eigenvalue weighted by Crippen LogP contribution is -2.53. The van der Waals surface area contributed by atoms with Crippen molar-refractivity contribution in [3.8, 4) is 5.75 Å². The summed E-state index contributed by atoms with van der Waals surface area (Å²) in [7, 11) is 3.51. The van der Waals surface area contributed by atoms with Gasteiger partial charge >= 0.3 is 6.03 Å². The third-order valence-corrected chi connectivity index (χ3v) is 4.57. The van der Waals surface area contributed by atoms with Crippen molar-refractivity contribution in [2.24, 2.45) is 0 Å². The van der Waals surface area contributed by atoms with Gasteiger partial charge in [0.15, 0.2) is 5.78 Å². The number of fused-ring (bicyclic) bond motifs is 1. The fourth-order valence-corrected chi connectivity index (χ4v) is 3.27. The number of benzene rings is 1. The molecule has 1 aromatic rings. The number of hydrogen-bond donors (Lipinski definition) is 0. The Balaban J connectivity index is 1.77. The van der Waals surface area contributed by atoms with Crippen LogP contribution in [0.3, 0.4) is 0 Å². The molecule has 2 aliphatic heterocycles. The summed E-state index contributed by atoms with van der Waals surface area (Å²) in [5.74, 6) is 0.845. The van der Waals surface area contributed by atoms with Crippen LogP contribution >= 0.6 is 0 Å². The predicted molar refractivity (Wildman–Crippen MR) is 83.4 cm³/mol. The predicted octanol–water partition coefficient (Wildman–Crippen LogP) is 2.48. The highest BCUT2D eigenvalue weighted by Gasteiger charge is 2.43. The van der Waals surface area contributed by atoms with Crippen LogP contribution in [0, 0.1) is 6.92 Å². The van der Waals surface area contributed by atoms with E-state index in [9.17, 15) is 9.59 Å². The van der Waals surface area contributed by atoms with Crippen molar-refractivity contribution in [2.75, 3.05) is 27.2 Å². The molecular formula is C17H22N2O3. The lowest BCUT2D eigenvalue weighted by Gasteiger charge is -2.44. The Morgan fingerprint density at radius 2 is 1.95 bits per heavy atom. The van der Waals surface area contributed by atoms with Crippen LogP contribution in [0.25, 0.3) is 0 Å². The Hall–Kier alpha value is -2.04. The lowest BCUT2D eigenvalue weighted by atomic mass is 9.82. The number of carbonyl (C=O) groups is 2. The first-order chi connectivity index (χ1) is 10.4. The third-order valence-electron chi connectivity index (χ3n) is 4.57. The average molecular weight is 302 g/mol. The highest BCUT2D eigenvalue weighted by molar-refractivity contribution is 6.00. The number of urea groups is 1. The van der Waals surface area contributed by atoms with Gasteiger partial charge in [0.1, 0.15) is 11.4 Å². The zero-order chi connectivity index (χ0) is 15.9. The fourth-order valence-electron chi connectivity index (χ4n) is 3.27. The first-order valence-corrected chi connectivity index (χ1v) is 7.69. The van der Waals surface area contributed by atoms with Gasteiger partial charge in [0.2, 0.25) is 0 Å². The van der Waals surface area contributed by atoms with Crippen molar-refractivity contribution in [2.45, 2.75) is 31.8 Å². The maximum atomic E-state index is 12.4. The summed E-state index contributed by atoms with van der Waals surface area (Å²) in [6, 6.07) is 5.75. The van der Waals surface area contributed by atoms with Gasteiger partial charge in [-0.1, -0.05) is 6.07 Å². The number of Topliss-reactive ketones (excluding diaryl/α,β-unsaturated/α-hetero) is 1. The molecule has 0 radical (unpaired) electrons. The molecule has 2 heterocycles. The quantitative estimate of drug-likeness (QED) is 0.740. The minimum Gasteiger partial charge on any atom is -0.486 e. The first-order valence-electron chi connectivity index (χ1n) is 7.69. The lowest BCUT2D eigenvalue weighted by molar-refractivity contribution is -0.00272. The molecule has 0 bridgehead atoms. The van der Waals surface area contributed by atoms with E-state index < -0.39 is 5.60 Å². The number of ether oxygens (including phenoxy) is 1. The largest absolute Gasteiger partial charge is 0.486 e. The summed E-state index contributed by atoms with van der Waals surface area (Å²) in [6.07, 6.45) is 1.81. The number of likely N-dealkylation sites (tertiary alicyclic amines) is 1. The van der Waals surface area contributed by atoms with Gasteiger partial charge in [-0.05, 0) is 24.6 Å². The van der Waals surface area contributed by atoms with Gasteiger partial charge in [0, 0.05) is 40.0 Å². The summed E-state index contributed by atoms with van der Waals surface area (Å²) in [5.41, 5.74) is 1.33. The first kappa shape index (κ1) is 14.9. The van der Waals surface area contributed by atoms with Gasteiger partial charge in [0.05, 0.1) is 12.0 Å². The van der Waals surface area contributed by atoms with Gasteiger partial charge in [-0.3, -0.25) is 4.79 Å². The molecule has 0 aromatic heterocycles. The van der Waals surface area contributed by atoms with Crippen LogP contribution in [0.15, 0.2) is 18.2 Å². The molecule has 1 spiro atoms. The maximum Gasteiger partial charge on any atom is 0.319 e. The van der Waals surface area contributed by atoms with Crippen molar-refractivity contribution in [1.82, 2.24) is 9.80 Å². The molecule has 5 heteroatoms. The normalized spacial score (nSPS) is 19.6. The van der Waals surface area contributed by atoms with Gasteiger partial charge in [0.25, 0.3) is 0 Å². The molecule has 2 aliphatic rings. The van der Waals surface area contributed by atoms with Crippen LogP contribution in [0.5, 0.6) is 5.75 Å². The van der Waals surface area contributed by atoms with E-state index >= 15 is 0 Å². The summed E-state index contributed by atoms with van der Waals surface area (Å²) in [5, 5.41) is 0. The van der Waals surface area contributed by atoms with Gasteiger partial charge < -0.3 is 14.5 Å².